The summed E-state index contributed by atoms with van der Waals surface area (Å²) >= 11 is 0. The Morgan fingerprint density at radius 1 is 1.18 bits per heavy atom. The molecule has 0 unspecified atom stereocenters. The van der Waals surface area contributed by atoms with Crippen LogP contribution in [-0.4, -0.2) is 49.2 Å². The quantitative estimate of drug-likeness (QED) is 0.733. The number of aromatic amines is 1. The predicted octanol–water partition coefficient (Wildman–Crippen LogP) is 2.83. The van der Waals surface area contributed by atoms with Gasteiger partial charge in [-0.25, -0.2) is 0 Å². The fourth-order valence-electron chi connectivity index (χ4n) is 4.13. The van der Waals surface area contributed by atoms with Crippen LogP contribution in [0.4, 0.5) is 0 Å². The second-order valence-electron chi connectivity index (χ2n) is 7.85. The Balaban J connectivity index is 1.37. The largest absolute Gasteiger partial charge is 0.337 e. The van der Waals surface area contributed by atoms with Gasteiger partial charge in [-0.05, 0) is 43.4 Å². The van der Waals surface area contributed by atoms with E-state index in [1.165, 1.54) is 12.8 Å². The predicted molar refractivity (Wildman–Crippen MR) is 100 cm³/mol. The molecule has 28 heavy (non-hydrogen) atoms. The van der Waals surface area contributed by atoms with Crippen molar-refractivity contribution in [3.8, 4) is 11.5 Å². The molecule has 1 saturated heterocycles. The van der Waals surface area contributed by atoms with E-state index in [0.29, 0.717) is 24.7 Å². The highest BCUT2D eigenvalue weighted by molar-refractivity contribution is 5.92. The van der Waals surface area contributed by atoms with Crippen LogP contribution in [0.25, 0.3) is 11.5 Å². The van der Waals surface area contributed by atoms with E-state index in [2.05, 4.69) is 20.3 Å². The van der Waals surface area contributed by atoms with Crippen LogP contribution in [0.5, 0.6) is 0 Å². The van der Waals surface area contributed by atoms with Crippen molar-refractivity contribution in [2.75, 3.05) is 13.1 Å². The van der Waals surface area contributed by atoms with Crippen molar-refractivity contribution in [2.45, 2.75) is 37.5 Å². The van der Waals surface area contributed by atoms with E-state index in [0.717, 1.165) is 36.6 Å². The van der Waals surface area contributed by atoms with E-state index in [1.807, 2.05) is 17.0 Å². The number of hydrogen-bond donors (Lipinski definition) is 1. The number of rotatable bonds is 5. The van der Waals surface area contributed by atoms with Gasteiger partial charge in [0.15, 0.2) is 5.82 Å². The molecule has 0 atom stereocenters. The van der Waals surface area contributed by atoms with Gasteiger partial charge in [0.1, 0.15) is 5.69 Å². The minimum atomic E-state index is -0.124. The van der Waals surface area contributed by atoms with Crippen molar-refractivity contribution < 1.29 is 9.32 Å². The number of likely N-dealkylation sites (tertiary alicyclic amines) is 1. The van der Waals surface area contributed by atoms with Gasteiger partial charge in [0.25, 0.3) is 11.8 Å². The summed E-state index contributed by atoms with van der Waals surface area (Å²) in [5, 5.41) is 11.0. The van der Waals surface area contributed by atoms with Crippen LogP contribution < -0.4 is 0 Å². The van der Waals surface area contributed by atoms with Crippen molar-refractivity contribution in [2.24, 2.45) is 5.92 Å². The number of amides is 1. The van der Waals surface area contributed by atoms with Gasteiger partial charge < -0.3 is 9.42 Å². The number of piperidine rings is 1. The molecule has 5 rings (SSSR count). The van der Waals surface area contributed by atoms with Crippen LogP contribution in [0.1, 0.15) is 48.4 Å². The van der Waals surface area contributed by atoms with Crippen LogP contribution >= 0.6 is 0 Å². The summed E-state index contributed by atoms with van der Waals surface area (Å²) in [6, 6.07) is 5.46. The van der Waals surface area contributed by atoms with Gasteiger partial charge in [-0.1, -0.05) is 18.0 Å². The van der Waals surface area contributed by atoms with Crippen molar-refractivity contribution in [1.29, 1.82) is 0 Å². The second-order valence-corrected chi connectivity index (χ2v) is 7.85. The zero-order valence-corrected chi connectivity index (χ0v) is 15.5. The highest BCUT2D eigenvalue weighted by Crippen LogP contribution is 2.46. The molecule has 3 aromatic rings. The van der Waals surface area contributed by atoms with Crippen molar-refractivity contribution in [1.82, 2.24) is 30.2 Å². The molecular formula is C20H22N6O2. The van der Waals surface area contributed by atoms with Crippen LogP contribution in [0.2, 0.25) is 0 Å². The monoisotopic (exact) mass is 378 g/mol. The number of carbonyl (C=O) groups is 1. The number of H-pyrrole nitrogens is 1. The third-order valence-electron chi connectivity index (χ3n) is 5.94. The van der Waals surface area contributed by atoms with Crippen LogP contribution in [0.3, 0.4) is 0 Å². The van der Waals surface area contributed by atoms with E-state index in [1.54, 1.807) is 24.7 Å². The zero-order valence-electron chi connectivity index (χ0n) is 15.5. The fraction of sp³-hybridized carbons (Fsp3) is 0.450. The lowest BCUT2D eigenvalue weighted by Gasteiger charge is -2.40. The van der Waals surface area contributed by atoms with E-state index < -0.39 is 0 Å². The SMILES string of the molecule is O=C(c1ccn[nH]1)N1CCC(CC2CC2)(c2noc(-c3ccncc3)n2)CC1. The number of nitrogens with zero attached hydrogens (tertiary/aromatic N) is 5. The van der Waals surface area contributed by atoms with Gasteiger partial charge in [0, 0.05) is 42.7 Å². The van der Waals surface area contributed by atoms with Gasteiger partial charge >= 0.3 is 0 Å². The van der Waals surface area contributed by atoms with Crippen LogP contribution in [0.15, 0.2) is 41.3 Å². The third-order valence-corrected chi connectivity index (χ3v) is 5.94. The van der Waals surface area contributed by atoms with Crippen LogP contribution in [0, 0.1) is 5.92 Å². The summed E-state index contributed by atoms with van der Waals surface area (Å²) in [4.78, 5) is 23.3. The Labute approximate surface area is 162 Å². The van der Waals surface area contributed by atoms with E-state index in [9.17, 15) is 4.79 Å². The average molecular weight is 378 g/mol. The topological polar surface area (TPSA) is 101 Å². The first-order valence-electron chi connectivity index (χ1n) is 9.77. The van der Waals surface area contributed by atoms with Gasteiger partial charge in [-0.2, -0.15) is 10.1 Å². The maximum absolute atomic E-state index is 12.6. The third kappa shape index (κ3) is 3.19. The van der Waals surface area contributed by atoms with Gasteiger partial charge in [0.05, 0.1) is 0 Å². The molecule has 0 spiro atoms. The smallest absolute Gasteiger partial charge is 0.271 e. The molecule has 0 bridgehead atoms. The molecule has 2 aliphatic rings. The normalized spacial score (nSPS) is 18.9. The first-order valence-corrected chi connectivity index (χ1v) is 9.77. The highest BCUT2D eigenvalue weighted by atomic mass is 16.5. The maximum atomic E-state index is 12.6. The Morgan fingerprint density at radius 3 is 2.64 bits per heavy atom. The highest BCUT2D eigenvalue weighted by Gasteiger charge is 2.45. The first-order chi connectivity index (χ1) is 13.7. The number of carbonyl (C=O) groups excluding carboxylic acids is 1. The van der Waals surface area contributed by atoms with E-state index in [4.69, 9.17) is 9.51 Å². The molecule has 1 amide bonds. The molecule has 3 aromatic heterocycles. The summed E-state index contributed by atoms with van der Waals surface area (Å²) in [7, 11) is 0. The molecule has 0 radical (unpaired) electrons. The molecule has 1 aliphatic heterocycles. The molecular weight excluding hydrogens is 356 g/mol. The second kappa shape index (κ2) is 6.85. The lowest BCUT2D eigenvalue weighted by Crippen LogP contribution is -2.46. The number of hydrogen-bond acceptors (Lipinski definition) is 6. The maximum Gasteiger partial charge on any atom is 0.271 e. The summed E-state index contributed by atoms with van der Waals surface area (Å²) < 4.78 is 5.58. The molecule has 1 aliphatic carbocycles. The Morgan fingerprint density at radius 2 is 1.96 bits per heavy atom. The number of nitrogens with one attached hydrogen (secondary N) is 1. The first kappa shape index (κ1) is 17.1. The van der Waals surface area contributed by atoms with Crippen LogP contribution in [-0.2, 0) is 5.41 Å². The Kier molecular flexibility index (Phi) is 4.18. The fourth-order valence-corrected chi connectivity index (χ4v) is 4.13. The molecule has 0 aromatic carbocycles. The molecule has 8 nitrogen and oxygen atoms in total. The van der Waals surface area contributed by atoms with Gasteiger partial charge in [0.2, 0.25) is 0 Å². The minimum absolute atomic E-state index is 0.00288. The molecule has 4 heterocycles. The van der Waals surface area contributed by atoms with E-state index in [-0.39, 0.29) is 11.3 Å². The molecule has 1 N–H and O–H groups in total. The van der Waals surface area contributed by atoms with Crippen molar-refractivity contribution in [3.05, 3.63) is 48.3 Å². The molecule has 1 saturated carbocycles. The molecule has 2 fully saturated rings. The van der Waals surface area contributed by atoms with Crippen molar-refractivity contribution >= 4 is 5.91 Å². The Hall–Kier alpha value is -3.03. The average Bonchev–Trinajstić information content (AvgIpc) is 3.21. The van der Waals surface area contributed by atoms with Gasteiger partial charge in [-0.15, -0.1) is 0 Å². The Bertz CT molecular complexity index is 940. The summed E-state index contributed by atoms with van der Waals surface area (Å²) in [5.41, 5.74) is 1.29. The minimum Gasteiger partial charge on any atom is -0.337 e. The summed E-state index contributed by atoms with van der Waals surface area (Å²) in [6.07, 6.45) is 10.3. The standard InChI is InChI=1S/C20H22N6O2/c27-18(16-5-10-22-24-16)26-11-6-20(7-12-26,13-14-1-2-14)19-23-17(28-25-19)15-3-8-21-9-4-15/h3-5,8-10,14H,1-2,6-7,11-13H2,(H,22,24). The molecule has 8 heteroatoms. The van der Waals surface area contributed by atoms with Crippen molar-refractivity contribution in [3.63, 3.8) is 0 Å². The van der Waals surface area contributed by atoms with E-state index >= 15 is 0 Å². The summed E-state index contributed by atoms with van der Waals surface area (Å²) in [5.74, 6) is 2.05. The number of pyridine rings is 1. The lowest BCUT2D eigenvalue weighted by atomic mass is 9.73. The zero-order chi connectivity index (χ0) is 19.0. The number of aromatic nitrogens is 5. The summed E-state index contributed by atoms with van der Waals surface area (Å²) in [6.45, 7) is 1.37. The molecule has 144 valence electrons. The van der Waals surface area contributed by atoms with Gasteiger partial charge in [-0.3, -0.25) is 14.9 Å². The lowest BCUT2D eigenvalue weighted by molar-refractivity contribution is 0.0639.